The van der Waals surface area contributed by atoms with Gasteiger partial charge in [-0.25, -0.2) is 0 Å². The average molecular weight is 392 g/mol. The fourth-order valence-corrected chi connectivity index (χ4v) is 4.18. The summed E-state index contributed by atoms with van der Waals surface area (Å²) < 4.78 is 0. The summed E-state index contributed by atoms with van der Waals surface area (Å²) in [7, 11) is 0. The van der Waals surface area contributed by atoms with Crippen LogP contribution in [0.15, 0.2) is 59.5 Å². The highest BCUT2D eigenvalue weighted by atomic mass is 32.2. The predicted octanol–water partition coefficient (Wildman–Crippen LogP) is 6.35. The molecule has 0 saturated heterocycles. The minimum atomic E-state index is -0.290. The molecule has 1 amide bonds. The summed E-state index contributed by atoms with van der Waals surface area (Å²) in [6.45, 7) is 8.05. The van der Waals surface area contributed by atoms with Gasteiger partial charge in [-0.15, -0.1) is 11.8 Å². The second-order valence-corrected chi connectivity index (χ2v) is 8.11. The van der Waals surface area contributed by atoms with Gasteiger partial charge in [0.1, 0.15) is 5.75 Å². The van der Waals surface area contributed by atoms with Crippen molar-refractivity contribution in [2.45, 2.75) is 32.6 Å². The molecule has 0 aromatic heterocycles. The first-order valence-corrected chi connectivity index (χ1v) is 10.3. The highest BCUT2D eigenvalue weighted by Crippen LogP contribution is 2.39. The average Bonchev–Trinajstić information content (AvgIpc) is 2.67. The van der Waals surface area contributed by atoms with Crippen molar-refractivity contribution in [3.05, 3.63) is 76.9 Å². The maximum Gasteiger partial charge on any atom is 0.260 e. The summed E-state index contributed by atoms with van der Waals surface area (Å²) >= 11 is 1.58. The topological polar surface area (TPSA) is 49.3 Å². The van der Waals surface area contributed by atoms with E-state index in [0.29, 0.717) is 5.56 Å². The van der Waals surface area contributed by atoms with Gasteiger partial charge in [0.2, 0.25) is 0 Å². The molecule has 2 N–H and O–H groups in total. The maximum absolute atomic E-state index is 13.0. The van der Waals surface area contributed by atoms with Crippen molar-refractivity contribution in [3.8, 4) is 16.9 Å². The van der Waals surface area contributed by atoms with Crippen molar-refractivity contribution in [1.82, 2.24) is 0 Å². The first-order chi connectivity index (χ1) is 13.4. The molecule has 3 aromatic carbocycles. The highest BCUT2D eigenvalue weighted by Gasteiger charge is 2.22. The third-order valence-electron chi connectivity index (χ3n) is 4.78. The fraction of sp³-hybridized carbons (Fsp3) is 0.208. The Bertz CT molecular complexity index is 1010. The third-order valence-corrected chi connectivity index (χ3v) is 5.87. The zero-order chi connectivity index (χ0) is 20.3. The van der Waals surface area contributed by atoms with E-state index in [4.69, 9.17) is 0 Å². The molecule has 0 radical (unpaired) electrons. The van der Waals surface area contributed by atoms with E-state index in [1.165, 1.54) is 5.56 Å². The molecule has 0 spiro atoms. The van der Waals surface area contributed by atoms with Gasteiger partial charge in [-0.1, -0.05) is 55.0 Å². The Kier molecular flexibility index (Phi) is 6.10. The summed E-state index contributed by atoms with van der Waals surface area (Å²) in [4.78, 5) is 13.9. The highest BCUT2D eigenvalue weighted by molar-refractivity contribution is 7.99. The summed E-state index contributed by atoms with van der Waals surface area (Å²) in [6.07, 6.45) is 0. The number of phenols is 1. The molecule has 0 fully saturated rings. The van der Waals surface area contributed by atoms with Gasteiger partial charge in [0.25, 0.3) is 5.91 Å². The van der Waals surface area contributed by atoms with Crippen LogP contribution < -0.4 is 5.32 Å². The first-order valence-electron chi connectivity index (χ1n) is 9.35. The molecular weight excluding hydrogens is 366 g/mol. The Morgan fingerprint density at radius 1 is 1.04 bits per heavy atom. The number of benzene rings is 3. The van der Waals surface area contributed by atoms with Crippen LogP contribution in [-0.2, 0) is 0 Å². The van der Waals surface area contributed by atoms with E-state index >= 15 is 0 Å². The summed E-state index contributed by atoms with van der Waals surface area (Å²) in [5, 5.41) is 13.7. The zero-order valence-electron chi connectivity index (χ0n) is 16.7. The van der Waals surface area contributed by atoms with Gasteiger partial charge in [-0.2, -0.15) is 0 Å². The Morgan fingerprint density at radius 3 is 2.36 bits per heavy atom. The number of nitrogens with one attached hydrogen (secondary N) is 1. The van der Waals surface area contributed by atoms with Crippen molar-refractivity contribution in [1.29, 1.82) is 0 Å². The van der Waals surface area contributed by atoms with Crippen LogP contribution >= 0.6 is 11.8 Å². The number of phenolic OH excluding ortho intramolecular Hbond substituents is 1. The number of hydrogen-bond donors (Lipinski definition) is 2. The van der Waals surface area contributed by atoms with E-state index in [0.717, 1.165) is 38.6 Å². The Labute approximate surface area is 170 Å². The van der Waals surface area contributed by atoms with Crippen molar-refractivity contribution in [2.75, 3.05) is 11.1 Å². The van der Waals surface area contributed by atoms with Gasteiger partial charge in [0, 0.05) is 10.6 Å². The number of carbonyl (C=O) groups is 1. The lowest BCUT2D eigenvalue weighted by molar-refractivity contribution is 0.102. The quantitative estimate of drug-likeness (QED) is 0.498. The minimum absolute atomic E-state index is 0.00297. The number of para-hydroxylation sites is 1. The standard InChI is InChI=1S/C24H25NO2S/c1-5-28-23-17(4)19(18-12-10-15(2)11-13-18)14-21(26)22(23)24(27)25-20-9-7-6-8-16(20)3/h6-14,26H,5H2,1-4H3,(H,25,27). The van der Waals surface area contributed by atoms with Crippen LogP contribution in [0.3, 0.4) is 0 Å². The molecule has 0 aliphatic carbocycles. The van der Waals surface area contributed by atoms with E-state index in [2.05, 4.69) is 17.4 Å². The smallest absolute Gasteiger partial charge is 0.260 e. The molecule has 0 saturated carbocycles. The lowest BCUT2D eigenvalue weighted by atomic mass is 9.96. The number of anilines is 1. The minimum Gasteiger partial charge on any atom is -0.507 e. The molecule has 3 rings (SSSR count). The lowest BCUT2D eigenvalue weighted by Gasteiger charge is -2.18. The van der Waals surface area contributed by atoms with E-state index < -0.39 is 0 Å². The van der Waals surface area contributed by atoms with Crippen molar-refractivity contribution < 1.29 is 9.90 Å². The predicted molar refractivity (Wildman–Crippen MR) is 119 cm³/mol. The molecule has 3 aromatic rings. The van der Waals surface area contributed by atoms with Gasteiger partial charge in [0.05, 0.1) is 5.56 Å². The van der Waals surface area contributed by atoms with Crippen LogP contribution in [0.4, 0.5) is 5.69 Å². The van der Waals surface area contributed by atoms with Gasteiger partial charge in [-0.05, 0) is 60.9 Å². The van der Waals surface area contributed by atoms with Gasteiger partial charge >= 0.3 is 0 Å². The number of amides is 1. The van der Waals surface area contributed by atoms with Crippen LogP contribution in [0, 0.1) is 20.8 Å². The van der Waals surface area contributed by atoms with E-state index in [1.54, 1.807) is 17.8 Å². The Balaban J connectivity index is 2.08. The van der Waals surface area contributed by atoms with Gasteiger partial charge in [-0.3, -0.25) is 4.79 Å². The fourth-order valence-electron chi connectivity index (χ4n) is 3.22. The van der Waals surface area contributed by atoms with Crippen LogP contribution in [-0.4, -0.2) is 16.8 Å². The largest absolute Gasteiger partial charge is 0.507 e. The number of aromatic hydroxyl groups is 1. The van der Waals surface area contributed by atoms with Crippen molar-refractivity contribution in [2.24, 2.45) is 0 Å². The molecule has 0 unspecified atom stereocenters. The molecule has 0 heterocycles. The number of thioether (sulfide) groups is 1. The molecule has 0 atom stereocenters. The SMILES string of the molecule is CCSc1c(C)c(-c2ccc(C)cc2)cc(O)c1C(=O)Nc1ccccc1C. The number of carbonyl (C=O) groups excluding carboxylic acids is 1. The summed E-state index contributed by atoms with van der Waals surface area (Å²) in [6, 6.07) is 17.5. The zero-order valence-corrected chi connectivity index (χ0v) is 17.5. The van der Waals surface area contributed by atoms with Crippen LogP contribution in [0.1, 0.15) is 34.0 Å². The van der Waals surface area contributed by atoms with Crippen molar-refractivity contribution in [3.63, 3.8) is 0 Å². The van der Waals surface area contributed by atoms with Gasteiger partial charge in [0.15, 0.2) is 0 Å². The van der Waals surface area contributed by atoms with Crippen molar-refractivity contribution >= 4 is 23.4 Å². The lowest BCUT2D eigenvalue weighted by Crippen LogP contribution is -2.15. The van der Waals surface area contributed by atoms with Crippen LogP contribution in [0.5, 0.6) is 5.75 Å². The molecule has 0 aliphatic rings. The normalized spacial score (nSPS) is 10.7. The molecule has 3 nitrogen and oxygen atoms in total. The summed E-state index contributed by atoms with van der Waals surface area (Å²) in [5.74, 6) is 0.520. The van der Waals surface area contributed by atoms with Crippen LogP contribution in [0.25, 0.3) is 11.1 Å². The van der Waals surface area contributed by atoms with E-state index in [9.17, 15) is 9.90 Å². The molecule has 28 heavy (non-hydrogen) atoms. The monoisotopic (exact) mass is 391 g/mol. The Morgan fingerprint density at radius 2 is 1.71 bits per heavy atom. The molecular formula is C24H25NO2S. The molecule has 0 bridgehead atoms. The summed E-state index contributed by atoms with van der Waals surface area (Å²) in [5.41, 5.74) is 6.23. The Hall–Kier alpha value is -2.72. The number of rotatable bonds is 5. The third kappa shape index (κ3) is 4.07. The van der Waals surface area contributed by atoms with E-state index in [1.807, 2.05) is 64.1 Å². The number of aryl methyl sites for hydroxylation is 2. The molecule has 4 heteroatoms. The maximum atomic E-state index is 13.0. The van der Waals surface area contributed by atoms with Crippen LogP contribution in [0.2, 0.25) is 0 Å². The van der Waals surface area contributed by atoms with E-state index in [-0.39, 0.29) is 11.7 Å². The second kappa shape index (κ2) is 8.53. The molecule has 0 aliphatic heterocycles. The second-order valence-electron chi connectivity index (χ2n) is 6.84. The first kappa shape index (κ1) is 20.0. The van der Waals surface area contributed by atoms with Gasteiger partial charge < -0.3 is 10.4 Å². The molecule has 144 valence electrons. The number of hydrogen-bond acceptors (Lipinski definition) is 3.